The Labute approximate surface area is 157 Å². The lowest BCUT2D eigenvalue weighted by Crippen LogP contribution is -2.46. The van der Waals surface area contributed by atoms with Crippen molar-refractivity contribution in [2.24, 2.45) is 16.7 Å². The van der Waals surface area contributed by atoms with Crippen molar-refractivity contribution in [3.8, 4) is 0 Å². The lowest BCUT2D eigenvalue weighted by Gasteiger charge is -2.39. The Balaban J connectivity index is 1.84. The summed E-state index contributed by atoms with van der Waals surface area (Å²) in [6, 6.07) is 5.32. The van der Waals surface area contributed by atoms with Crippen LogP contribution >= 0.6 is 0 Å². The van der Waals surface area contributed by atoms with Crippen LogP contribution in [0, 0.1) is 16.7 Å². The topological polar surface area (TPSA) is 83.6 Å². The van der Waals surface area contributed by atoms with E-state index < -0.39 is 20.0 Å². The van der Waals surface area contributed by atoms with E-state index in [0.717, 1.165) is 23.6 Å². The number of nitrogens with zero attached hydrogens (tertiary/aromatic N) is 1. The van der Waals surface area contributed by atoms with Crippen molar-refractivity contribution >= 4 is 20.0 Å². The zero-order chi connectivity index (χ0) is 19.5. The molecule has 3 unspecified atom stereocenters. The lowest BCUT2D eigenvalue weighted by molar-refractivity contribution is 0.130. The van der Waals surface area contributed by atoms with Crippen molar-refractivity contribution in [3.63, 3.8) is 0 Å². The average Bonchev–Trinajstić information content (AvgIpc) is 2.88. The van der Waals surface area contributed by atoms with Gasteiger partial charge in [0.25, 0.3) is 0 Å². The zero-order valence-electron chi connectivity index (χ0n) is 16.0. The Hall–Kier alpha value is -0.960. The zero-order valence-corrected chi connectivity index (χ0v) is 17.6. The van der Waals surface area contributed by atoms with E-state index in [1.165, 1.54) is 38.4 Å². The van der Waals surface area contributed by atoms with Gasteiger partial charge in [-0.05, 0) is 60.3 Å². The van der Waals surface area contributed by atoms with Crippen molar-refractivity contribution < 1.29 is 16.8 Å². The molecule has 0 spiro atoms. The second-order valence-electron chi connectivity index (χ2n) is 8.54. The quantitative estimate of drug-likeness (QED) is 0.823. The third kappa shape index (κ3) is 2.82. The van der Waals surface area contributed by atoms with Gasteiger partial charge in [0.1, 0.15) is 0 Å². The lowest BCUT2D eigenvalue weighted by atomic mass is 9.69. The van der Waals surface area contributed by atoms with Gasteiger partial charge in [-0.25, -0.2) is 25.9 Å². The van der Waals surface area contributed by atoms with E-state index in [-0.39, 0.29) is 26.7 Å². The van der Waals surface area contributed by atoms with Gasteiger partial charge in [-0.1, -0.05) is 20.8 Å². The summed E-state index contributed by atoms with van der Waals surface area (Å²) in [5.41, 5.74) is 0.0583. The van der Waals surface area contributed by atoms with Crippen molar-refractivity contribution in [1.82, 2.24) is 9.03 Å². The fraction of sp³-hybridized carbons (Fsp3) is 0.667. The molecule has 2 bridgehead atoms. The molecule has 2 saturated carbocycles. The first kappa shape index (κ1) is 19.8. The number of rotatable bonds is 5. The van der Waals surface area contributed by atoms with Crippen LogP contribution in [0.4, 0.5) is 0 Å². The van der Waals surface area contributed by atoms with Crippen LogP contribution in [0.5, 0.6) is 0 Å². The van der Waals surface area contributed by atoms with Crippen LogP contribution in [0.15, 0.2) is 34.1 Å². The van der Waals surface area contributed by atoms with Crippen LogP contribution in [-0.2, 0) is 20.0 Å². The molecule has 1 aromatic carbocycles. The monoisotopic (exact) mass is 400 g/mol. The Bertz CT molecular complexity index is 905. The molecule has 3 atom stereocenters. The van der Waals surface area contributed by atoms with Gasteiger partial charge < -0.3 is 0 Å². The molecular formula is C18H28N2O4S2. The van der Waals surface area contributed by atoms with Gasteiger partial charge in [0, 0.05) is 20.1 Å². The van der Waals surface area contributed by atoms with Crippen molar-refractivity contribution in [2.45, 2.75) is 55.9 Å². The number of fused-ring (bicyclic) bond motifs is 2. The summed E-state index contributed by atoms with van der Waals surface area (Å²) in [7, 11) is -4.38. The van der Waals surface area contributed by atoms with Crippen molar-refractivity contribution in [1.29, 1.82) is 0 Å². The molecule has 0 aromatic heterocycles. The molecule has 0 heterocycles. The number of benzene rings is 1. The minimum Gasteiger partial charge on any atom is -0.207 e. The highest BCUT2D eigenvalue weighted by atomic mass is 32.2. The summed E-state index contributed by atoms with van der Waals surface area (Å²) < 4.78 is 53.9. The Morgan fingerprint density at radius 2 is 1.54 bits per heavy atom. The summed E-state index contributed by atoms with van der Waals surface area (Å²) in [4.78, 5) is 0.175. The molecule has 0 aliphatic heterocycles. The molecule has 3 rings (SSSR count). The average molecular weight is 401 g/mol. The first-order chi connectivity index (χ1) is 11.8. The molecule has 0 radical (unpaired) electrons. The molecule has 2 aliphatic carbocycles. The number of hydrogen-bond donors (Lipinski definition) is 1. The Morgan fingerprint density at radius 3 is 1.96 bits per heavy atom. The van der Waals surface area contributed by atoms with Crippen molar-refractivity contribution in [3.05, 3.63) is 24.3 Å². The smallest absolute Gasteiger partial charge is 0.207 e. The normalized spacial score (nSPS) is 30.8. The van der Waals surface area contributed by atoms with Gasteiger partial charge >= 0.3 is 0 Å². The fourth-order valence-corrected chi connectivity index (χ4v) is 6.90. The Morgan fingerprint density at radius 1 is 1.00 bits per heavy atom. The largest absolute Gasteiger partial charge is 0.242 e. The van der Waals surface area contributed by atoms with Crippen molar-refractivity contribution in [2.75, 3.05) is 14.1 Å². The number of sulfonamides is 2. The maximum atomic E-state index is 12.8. The first-order valence-electron chi connectivity index (χ1n) is 8.87. The summed E-state index contributed by atoms with van der Waals surface area (Å²) >= 11 is 0. The molecule has 8 heteroatoms. The van der Waals surface area contributed by atoms with E-state index in [0.29, 0.717) is 5.92 Å². The summed E-state index contributed by atoms with van der Waals surface area (Å²) in [6.07, 6.45) is 3.03. The minimum atomic E-state index is -3.70. The molecule has 26 heavy (non-hydrogen) atoms. The summed E-state index contributed by atoms with van der Waals surface area (Å²) in [6.45, 7) is 6.65. The molecule has 0 saturated heterocycles. The van der Waals surface area contributed by atoms with Crippen LogP contribution in [-0.4, -0.2) is 41.3 Å². The molecule has 6 nitrogen and oxygen atoms in total. The highest BCUT2D eigenvalue weighted by Gasteiger charge is 2.61. The molecule has 2 aliphatic rings. The second kappa shape index (κ2) is 6.02. The van der Waals surface area contributed by atoms with Crippen LogP contribution in [0.2, 0.25) is 0 Å². The van der Waals surface area contributed by atoms with Gasteiger partial charge in [0.05, 0.1) is 9.79 Å². The maximum Gasteiger partial charge on any atom is 0.242 e. The summed E-state index contributed by atoms with van der Waals surface area (Å²) in [5, 5.41) is 0. The number of nitrogens with one attached hydrogen (secondary N) is 1. The van der Waals surface area contributed by atoms with Crippen LogP contribution in [0.3, 0.4) is 0 Å². The molecular weight excluding hydrogens is 372 g/mol. The van der Waals surface area contributed by atoms with E-state index in [1.54, 1.807) is 0 Å². The van der Waals surface area contributed by atoms with Crippen LogP contribution in [0.1, 0.15) is 40.0 Å². The molecule has 2 fully saturated rings. The van der Waals surface area contributed by atoms with E-state index in [1.807, 2.05) is 0 Å². The van der Waals surface area contributed by atoms with Gasteiger partial charge in [-0.3, -0.25) is 0 Å². The third-order valence-corrected chi connectivity index (χ3v) is 10.3. The first-order valence-corrected chi connectivity index (χ1v) is 11.8. The predicted molar refractivity (Wildman–Crippen MR) is 101 cm³/mol. The predicted octanol–water partition coefficient (Wildman–Crippen LogP) is 2.43. The van der Waals surface area contributed by atoms with E-state index in [4.69, 9.17) is 0 Å². The molecule has 0 amide bonds. The molecule has 1 N–H and O–H groups in total. The van der Waals surface area contributed by atoms with Gasteiger partial charge in [0.15, 0.2) is 0 Å². The van der Waals surface area contributed by atoms with E-state index in [2.05, 4.69) is 25.5 Å². The highest BCUT2D eigenvalue weighted by molar-refractivity contribution is 7.89. The SMILES string of the molecule is CN(C)S(=O)(=O)c1ccc(S(=O)(=O)NC2CC3CCC2(C)C3(C)C)cc1. The van der Waals surface area contributed by atoms with E-state index in [9.17, 15) is 16.8 Å². The van der Waals surface area contributed by atoms with E-state index >= 15 is 0 Å². The van der Waals surface area contributed by atoms with Crippen LogP contribution in [0.25, 0.3) is 0 Å². The van der Waals surface area contributed by atoms with Gasteiger partial charge in [-0.2, -0.15) is 0 Å². The number of hydrogen-bond acceptors (Lipinski definition) is 4. The minimum absolute atomic E-state index is 0.0566. The molecule has 146 valence electrons. The summed E-state index contributed by atoms with van der Waals surface area (Å²) in [5.74, 6) is 0.535. The highest BCUT2D eigenvalue weighted by Crippen LogP contribution is 2.65. The fourth-order valence-electron chi connectivity index (χ4n) is 4.64. The second-order valence-corrected chi connectivity index (χ2v) is 12.4. The third-order valence-electron chi connectivity index (χ3n) is 7.00. The van der Waals surface area contributed by atoms with Gasteiger partial charge in [0.2, 0.25) is 20.0 Å². The van der Waals surface area contributed by atoms with Crippen LogP contribution < -0.4 is 4.72 Å². The standard InChI is InChI=1S/C18H28N2O4S2/c1-17(2)13-10-11-18(17,3)16(12-13)19-25(21,22)14-6-8-15(9-7-14)26(23,24)20(4)5/h6-9,13,16,19H,10-12H2,1-5H3. The molecule has 1 aromatic rings. The maximum absolute atomic E-state index is 12.8. The Kier molecular flexibility index (Phi) is 4.58. The van der Waals surface area contributed by atoms with Gasteiger partial charge in [-0.15, -0.1) is 0 Å².